The van der Waals surface area contributed by atoms with Gasteiger partial charge in [0.05, 0.1) is 12.2 Å². The number of alkyl halides is 3. The van der Waals surface area contributed by atoms with Gasteiger partial charge in [-0.2, -0.15) is 13.2 Å². The van der Waals surface area contributed by atoms with E-state index in [2.05, 4.69) is 4.72 Å². The molecule has 2 atom stereocenters. The third kappa shape index (κ3) is 4.32. The van der Waals surface area contributed by atoms with E-state index >= 15 is 0 Å². The van der Waals surface area contributed by atoms with Crippen molar-refractivity contribution in [2.24, 2.45) is 0 Å². The van der Waals surface area contributed by atoms with Crippen molar-refractivity contribution in [1.82, 2.24) is 4.72 Å². The highest BCUT2D eigenvalue weighted by Gasteiger charge is 2.31. The molecule has 26 heavy (non-hydrogen) atoms. The number of halogens is 3. The Morgan fingerprint density at radius 3 is 2.50 bits per heavy atom. The molecule has 0 fully saturated rings. The Morgan fingerprint density at radius 2 is 1.85 bits per heavy atom. The number of aryl methyl sites for hydroxylation is 1. The molecule has 1 aliphatic rings. The largest absolute Gasteiger partial charge is 0.416 e. The van der Waals surface area contributed by atoms with E-state index in [1.54, 1.807) is 6.07 Å². The van der Waals surface area contributed by atoms with Gasteiger partial charge in [0.2, 0.25) is 11.3 Å². The summed E-state index contributed by atoms with van der Waals surface area (Å²) in [5.41, 5.74) is 2.77. The van der Waals surface area contributed by atoms with Crippen molar-refractivity contribution < 1.29 is 27.0 Å². The van der Waals surface area contributed by atoms with Crippen LogP contribution in [0.15, 0.2) is 36.4 Å². The molecule has 2 aromatic rings. The van der Waals surface area contributed by atoms with E-state index < -0.39 is 29.6 Å². The Morgan fingerprint density at radius 1 is 1.12 bits per heavy atom. The van der Waals surface area contributed by atoms with Crippen LogP contribution in [0.3, 0.4) is 0 Å². The Kier molecular flexibility index (Phi) is 5.47. The molecule has 0 aromatic heterocycles. The normalized spacial score (nSPS) is 18.0. The second kappa shape index (κ2) is 7.48. The molecule has 8 heteroatoms. The summed E-state index contributed by atoms with van der Waals surface area (Å²) in [6.45, 7) is -0.452. The molecule has 0 bridgehead atoms. The summed E-state index contributed by atoms with van der Waals surface area (Å²) in [4.78, 5) is 0. The summed E-state index contributed by atoms with van der Waals surface area (Å²) in [6, 6.07) is 9.03. The maximum atomic E-state index is 13.0. The van der Waals surface area contributed by atoms with Crippen LogP contribution in [0.4, 0.5) is 13.2 Å². The molecule has 3 rings (SSSR count). The van der Waals surface area contributed by atoms with Gasteiger partial charge in [0.25, 0.3) is 0 Å². The fraction of sp³-hybridized carbons (Fsp3) is 0.333. The zero-order valence-corrected chi connectivity index (χ0v) is 14.5. The van der Waals surface area contributed by atoms with E-state index in [4.69, 9.17) is 4.55 Å². The molecule has 140 valence electrons. The molecule has 0 saturated heterocycles. The predicted molar refractivity (Wildman–Crippen MR) is 91.6 cm³/mol. The van der Waals surface area contributed by atoms with Gasteiger partial charge in [-0.1, -0.05) is 24.3 Å². The first-order chi connectivity index (χ1) is 12.3. The Hall–Kier alpha value is -1.74. The Bertz CT molecular complexity index is 839. The first-order valence-corrected chi connectivity index (χ1v) is 9.16. The maximum absolute atomic E-state index is 13.0. The summed E-state index contributed by atoms with van der Waals surface area (Å²) < 4.78 is 61.5. The number of hydrogen-bond donors (Lipinski definition) is 3. The van der Waals surface area contributed by atoms with E-state index in [1.165, 1.54) is 0 Å². The minimum Gasteiger partial charge on any atom is -0.392 e. The highest BCUT2D eigenvalue weighted by Crippen LogP contribution is 2.34. The zero-order chi connectivity index (χ0) is 18.9. The molecule has 1 aliphatic carbocycles. The average Bonchev–Trinajstić information content (AvgIpc) is 2.95. The lowest BCUT2D eigenvalue weighted by atomic mass is 9.97. The molecule has 0 amide bonds. The van der Waals surface area contributed by atoms with Crippen molar-refractivity contribution in [3.8, 4) is 0 Å². The smallest absolute Gasteiger partial charge is 0.392 e. The Balaban J connectivity index is 1.85. The van der Waals surface area contributed by atoms with E-state index in [9.17, 15) is 22.5 Å². The number of fused-ring (bicyclic) bond motifs is 1. The number of hydrogen-bond acceptors (Lipinski definition) is 2. The topological polar surface area (TPSA) is 69.6 Å². The molecule has 0 heterocycles. The van der Waals surface area contributed by atoms with Crippen LogP contribution < -0.4 is 4.72 Å². The average molecular weight is 385 g/mol. The third-order valence-corrected chi connectivity index (χ3v) is 4.99. The fourth-order valence-corrected chi connectivity index (χ4v) is 3.87. The van der Waals surface area contributed by atoms with Gasteiger partial charge in [0.1, 0.15) is 0 Å². The van der Waals surface area contributed by atoms with Crippen molar-refractivity contribution in [3.05, 3.63) is 69.8 Å². The quantitative estimate of drug-likeness (QED) is 0.690. The van der Waals surface area contributed by atoms with Crippen molar-refractivity contribution in [1.29, 1.82) is 0 Å². The molecule has 4 nitrogen and oxygen atoms in total. The summed E-state index contributed by atoms with van der Waals surface area (Å²) in [6.07, 6.45) is -2.71. The lowest BCUT2D eigenvalue weighted by Gasteiger charge is -2.13. The molecule has 2 aromatic carbocycles. The standard InChI is InChI=1S/C18H18F3NO3S/c19-18(20,21)15-8-12(6-13(9-15)10-23)5-11-1-3-16-14(7-11)2-4-17(16)22-26(24)25/h1,3,6-9,17,22-23H,2,4-5,10H2,(H,24,25). The van der Waals surface area contributed by atoms with Crippen LogP contribution in [0.1, 0.15) is 45.8 Å². The van der Waals surface area contributed by atoms with Gasteiger partial charge in [0, 0.05) is 6.04 Å². The lowest BCUT2D eigenvalue weighted by Crippen LogP contribution is -2.20. The lowest BCUT2D eigenvalue weighted by molar-refractivity contribution is -0.137. The van der Waals surface area contributed by atoms with Gasteiger partial charge in [-0.05, 0) is 59.2 Å². The van der Waals surface area contributed by atoms with Gasteiger partial charge in [-0.3, -0.25) is 4.55 Å². The van der Waals surface area contributed by atoms with Crippen LogP contribution in [0.25, 0.3) is 0 Å². The highest BCUT2D eigenvalue weighted by molar-refractivity contribution is 7.77. The molecule has 0 radical (unpaired) electrons. The van der Waals surface area contributed by atoms with Gasteiger partial charge in [0.15, 0.2) is 0 Å². The number of aliphatic hydroxyl groups excluding tert-OH is 1. The van der Waals surface area contributed by atoms with Crippen LogP contribution in [0, 0.1) is 0 Å². The predicted octanol–water partition coefficient (Wildman–Crippen LogP) is 3.50. The second-order valence-corrected chi connectivity index (χ2v) is 7.10. The van der Waals surface area contributed by atoms with Crippen LogP contribution >= 0.6 is 0 Å². The van der Waals surface area contributed by atoms with Gasteiger partial charge in [-0.15, -0.1) is 0 Å². The minimum atomic E-state index is -4.46. The van der Waals surface area contributed by atoms with Gasteiger partial charge in [-0.25, -0.2) is 8.93 Å². The van der Waals surface area contributed by atoms with Crippen molar-refractivity contribution in [3.63, 3.8) is 0 Å². The first-order valence-electron chi connectivity index (χ1n) is 8.06. The molecule has 0 saturated carbocycles. The minimum absolute atomic E-state index is 0.195. The van der Waals surface area contributed by atoms with E-state index in [0.29, 0.717) is 18.4 Å². The summed E-state index contributed by atoms with van der Waals surface area (Å²) in [5.74, 6) is 0. The monoisotopic (exact) mass is 385 g/mol. The Labute approximate surface area is 151 Å². The molecular formula is C18H18F3NO3S. The molecule has 3 N–H and O–H groups in total. The van der Waals surface area contributed by atoms with Crippen molar-refractivity contribution >= 4 is 11.3 Å². The summed E-state index contributed by atoms with van der Waals surface area (Å²) >= 11 is -2.09. The third-order valence-electron chi connectivity index (χ3n) is 4.50. The maximum Gasteiger partial charge on any atom is 0.416 e. The number of aliphatic hydroxyl groups is 1. The van der Waals surface area contributed by atoms with Gasteiger partial charge >= 0.3 is 6.18 Å². The van der Waals surface area contributed by atoms with Crippen molar-refractivity contribution in [2.45, 2.75) is 38.1 Å². The zero-order valence-electron chi connectivity index (χ0n) is 13.7. The van der Waals surface area contributed by atoms with E-state index in [-0.39, 0.29) is 11.6 Å². The number of rotatable bonds is 5. The first kappa shape index (κ1) is 19.0. The summed E-state index contributed by atoms with van der Waals surface area (Å²) in [5, 5.41) is 9.23. The molecule has 0 spiro atoms. The number of benzene rings is 2. The van der Waals surface area contributed by atoms with E-state index in [0.717, 1.165) is 35.2 Å². The number of nitrogens with one attached hydrogen (secondary N) is 1. The fourth-order valence-electron chi connectivity index (χ4n) is 3.38. The van der Waals surface area contributed by atoms with Crippen molar-refractivity contribution in [2.75, 3.05) is 0 Å². The van der Waals surface area contributed by atoms with Gasteiger partial charge < -0.3 is 5.11 Å². The second-order valence-electron chi connectivity index (χ2n) is 6.36. The SMILES string of the molecule is O=S(O)NC1CCc2cc(Cc3cc(CO)cc(C(F)(F)F)c3)ccc21. The molecular weight excluding hydrogens is 367 g/mol. The highest BCUT2D eigenvalue weighted by atomic mass is 32.2. The van der Waals surface area contributed by atoms with E-state index in [1.807, 2.05) is 18.2 Å². The van der Waals surface area contributed by atoms with Crippen LogP contribution in [-0.4, -0.2) is 13.9 Å². The van der Waals surface area contributed by atoms with Crippen LogP contribution in [0.2, 0.25) is 0 Å². The van der Waals surface area contributed by atoms with Crippen LogP contribution in [0.5, 0.6) is 0 Å². The van der Waals surface area contributed by atoms with Crippen LogP contribution in [-0.2, 0) is 36.9 Å². The molecule has 2 unspecified atom stereocenters. The molecule has 0 aliphatic heterocycles. The summed E-state index contributed by atoms with van der Waals surface area (Å²) in [7, 11) is 0.